The van der Waals surface area contributed by atoms with Gasteiger partial charge >= 0.3 is 0 Å². The first kappa shape index (κ1) is 16.2. The summed E-state index contributed by atoms with van der Waals surface area (Å²) in [4.78, 5) is 24.0. The van der Waals surface area contributed by atoms with Crippen molar-refractivity contribution in [2.24, 2.45) is 17.8 Å². The second-order valence-electron chi connectivity index (χ2n) is 6.94. The highest BCUT2D eigenvalue weighted by Gasteiger charge is 2.48. The summed E-state index contributed by atoms with van der Waals surface area (Å²) in [5.74, 6) is -1.14. The number of benzene rings is 1. The molecular formula is C17H21NO4S. The quantitative estimate of drug-likeness (QED) is 0.911. The summed E-state index contributed by atoms with van der Waals surface area (Å²) in [7, 11) is -3.75. The Labute approximate surface area is 136 Å². The molecule has 3 atom stereocenters. The van der Waals surface area contributed by atoms with Crippen molar-refractivity contribution in [3.8, 4) is 0 Å². The minimum Gasteiger partial charge on any atom is -0.299 e. The van der Waals surface area contributed by atoms with Gasteiger partial charge in [0.25, 0.3) is 0 Å². The van der Waals surface area contributed by atoms with E-state index in [-0.39, 0.29) is 23.4 Å². The maximum Gasteiger partial charge on any atom is 0.239 e. The summed E-state index contributed by atoms with van der Waals surface area (Å²) in [6.07, 6.45) is 1.90. The van der Waals surface area contributed by atoms with Crippen molar-refractivity contribution >= 4 is 21.7 Å². The molecule has 2 fully saturated rings. The van der Waals surface area contributed by atoms with Crippen LogP contribution >= 0.6 is 0 Å². The van der Waals surface area contributed by atoms with Crippen LogP contribution in [0.4, 0.5) is 0 Å². The van der Waals surface area contributed by atoms with Crippen molar-refractivity contribution in [1.29, 1.82) is 0 Å². The first-order chi connectivity index (χ1) is 10.7. The lowest BCUT2D eigenvalue weighted by Crippen LogP contribution is -2.40. The number of rotatable bonds is 4. The minimum atomic E-state index is -3.75. The second-order valence-corrected chi connectivity index (χ2v) is 8.66. The summed E-state index contributed by atoms with van der Waals surface area (Å²) in [6, 6.07) is 5.57. The molecule has 2 aliphatic rings. The Morgan fingerprint density at radius 1 is 1.17 bits per heavy atom. The molecule has 0 spiro atoms. The molecular weight excluding hydrogens is 314 g/mol. The van der Waals surface area contributed by atoms with Crippen LogP contribution in [0.25, 0.3) is 0 Å². The maximum absolute atomic E-state index is 12.3. The summed E-state index contributed by atoms with van der Waals surface area (Å²) in [5.41, 5.74) is 2.63. The van der Waals surface area contributed by atoms with Gasteiger partial charge in [0, 0.05) is 18.3 Å². The monoisotopic (exact) mass is 335 g/mol. The Kier molecular flexibility index (Phi) is 4.04. The minimum absolute atomic E-state index is 0.105. The molecule has 1 aromatic carbocycles. The summed E-state index contributed by atoms with van der Waals surface area (Å²) >= 11 is 0. The number of Topliss-reactive ketones (excluding diaryl/α,β-unsaturated/α-hetero) is 1. The molecule has 23 heavy (non-hydrogen) atoms. The van der Waals surface area contributed by atoms with Gasteiger partial charge in [-0.1, -0.05) is 29.3 Å². The smallest absolute Gasteiger partial charge is 0.239 e. The zero-order valence-corrected chi connectivity index (χ0v) is 14.2. The lowest BCUT2D eigenvalue weighted by atomic mass is 9.87. The van der Waals surface area contributed by atoms with Gasteiger partial charge in [-0.05, 0) is 38.2 Å². The van der Waals surface area contributed by atoms with Crippen molar-refractivity contribution in [3.05, 3.63) is 34.9 Å². The van der Waals surface area contributed by atoms with Crippen LogP contribution in [0, 0.1) is 31.6 Å². The number of sulfonamides is 1. The topological polar surface area (TPSA) is 80.3 Å². The fraction of sp³-hybridized carbons (Fsp3) is 0.529. The van der Waals surface area contributed by atoms with E-state index in [2.05, 4.69) is 4.72 Å². The molecule has 0 radical (unpaired) electrons. The highest BCUT2D eigenvalue weighted by molar-refractivity contribution is 7.89. The normalized spacial score (nSPS) is 26.5. The van der Waals surface area contributed by atoms with Crippen molar-refractivity contribution in [2.75, 3.05) is 0 Å². The van der Waals surface area contributed by atoms with E-state index in [4.69, 9.17) is 0 Å². The molecule has 2 aliphatic carbocycles. The molecule has 0 aliphatic heterocycles. The maximum atomic E-state index is 12.3. The molecule has 1 unspecified atom stereocenters. The van der Waals surface area contributed by atoms with Gasteiger partial charge in [-0.15, -0.1) is 0 Å². The highest BCUT2D eigenvalue weighted by atomic mass is 32.2. The van der Waals surface area contributed by atoms with Gasteiger partial charge in [-0.2, -0.15) is 0 Å². The number of aryl methyl sites for hydroxylation is 2. The van der Waals surface area contributed by atoms with Gasteiger partial charge in [0.05, 0.1) is 5.75 Å². The Balaban J connectivity index is 1.69. The second kappa shape index (κ2) is 5.74. The van der Waals surface area contributed by atoms with Gasteiger partial charge in [0.15, 0.2) is 0 Å². The molecule has 5 nitrogen and oxygen atoms in total. The molecule has 0 saturated heterocycles. The van der Waals surface area contributed by atoms with E-state index in [0.717, 1.165) is 17.5 Å². The van der Waals surface area contributed by atoms with Crippen LogP contribution < -0.4 is 4.72 Å². The number of fused-ring (bicyclic) bond motifs is 2. The van der Waals surface area contributed by atoms with Crippen molar-refractivity contribution in [2.45, 2.75) is 38.9 Å². The average Bonchev–Trinajstić information content (AvgIpc) is 2.94. The average molecular weight is 335 g/mol. The third-order valence-corrected chi connectivity index (χ3v) is 6.02. The summed E-state index contributed by atoms with van der Waals surface area (Å²) in [6.45, 7) is 3.81. The van der Waals surface area contributed by atoms with Crippen molar-refractivity contribution in [1.82, 2.24) is 4.72 Å². The lowest BCUT2D eigenvalue weighted by Gasteiger charge is -2.20. The van der Waals surface area contributed by atoms with Crippen LogP contribution in [0.3, 0.4) is 0 Å². The largest absolute Gasteiger partial charge is 0.299 e. The third-order valence-electron chi connectivity index (χ3n) is 4.79. The predicted octanol–water partition coefficient (Wildman–Crippen LogP) is 1.86. The van der Waals surface area contributed by atoms with E-state index in [0.29, 0.717) is 18.4 Å². The summed E-state index contributed by atoms with van der Waals surface area (Å²) < 4.78 is 26.7. The molecule has 124 valence electrons. The molecule has 2 saturated carbocycles. The van der Waals surface area contributed by atoms with Crippen LogP contribution in [0.15, 0.2) is 18.2 Å². The highest BCUT2D eigenvalue weighted by Crippen LogP contribution is 2.46. The number of ketones is 1. The van der Waals surface area contributed by atoms with E-state index in [9.17, 15) is 18.0 Å². The van der Waals surface area contributed by atoms with Gasteiger partial charge in [0.1, 0.15) is 5.78 Å². The van der Waals surface area contributed by atoms with Gasteiger partial charge in [0.2, 0.25) is 15.9 Å². The number of carbonyl (C=O) groups is 2. The fourth-order valence-corrected chi connectivity index (χ4v) is 5.16. The number of carbonyl (C=O) groups excluding carboxylic acids is 2. The number of amides is 1. The van der Waals surface area contributed by atoms with E-state index in [1.54, 1.807) is 12.1 Å². The molecule has 1 amide bonds. The zero-order chi connectivity index (χ0) is 16.8. The molecule has 3 rings (SSSR count). The van der Waals surface area contributed by atoms with Crippen molar-refractivity contribution in [3.63, 3.8) is 0 Å². The molecule has 6 heteroatoms. The van der Waals surface area contributed by atoms with Crippen LogP contribution in [0.2, 0.25) is 0 Å². The third kappa shape index (κ3) is 3.47. The van der Waals surface area contributed by atoms with Crippen LogP contribution in [0.5, 0.6) is 0 Å². The van der Waals surface area contributed by atoms with Gasteiger partial charge in [-0.3, -0.25) is 14.3 Å². The van der Waals surface area contributed by atoms with Crippen LogP contribution in [-0.4, -0.2) is 20.1 Å². The molecule has 0 heterocycles. The van der Waals surface area contributed by atoms with E-state index in [1.165, 1.54) is 0 Å². The van der Waals surface area contributed by atoms with E-state index in [1.807, 2.05) is 19.9 Å². The van der Waals surface area contributed by atoms with Gasteiger partial charge < -0.3 is 0 Å². The van der Waals surface area contributed by atoms with E-state index >= 15 is 0 Å². The van der Waals surface area contributed by atoms with Crippen molar-refractivity contribution < 1.29 is 18.0 Å². The predicted molar refractivity (Wildman–Crippen MR) is 86.0 cm³/mol. The Morgan fingerprint density at radius 3 is 2.39 bits per heavy atom. The Morgan fingerprint density at radius 2 is 1.83 bits per heavy atom. The Bertz CT molecular complexity index is 749. The van der Waals surface area contributed by atoms with Crippen LogP contribution in [-0.2, 0) is 25.4 Å². The number of nitrogens with one attached hydrogen (secondary N) is 1. The first-order valence-corrected chi connectivity index (χ1v) is 9.53. The Hall–Kier alpha value is -1.69. The molecule has 1 N–H and O–H groups in total. The molecule has 2 bridgehead atoms. The summed E-state index contributed by atoms with van der Waals surface area (Å²) in [5, 5.41) is 0. The SMILES string of the molecule is Cc1cc(C)cc(CS(=O)(=O)NC(=O)C2C[C@H]3CC(=O)[C@@H]2C3)c1. The van der Waals surface area contributed by atoms with Gasteiger partial charge in [-0.25, -0.2) is 8.42 Å². The standard InChI is InChI=1S/C17H21NO4S/c1-10-3-11(2)5-13(4-10)9-23(21,22)18-17(20)15-7-12-6-14(15)16(19)8-12/h3-5,12,14-15H,6-9H2,1-2H3,(H,18,20)/t12-,14+,15?/m0/s1. The zero-order valence-electron chi connectivity index (χ0n) is 13.3. The number of hydrogen-bond acceptors (Lipinski definition) is 4. The molecule has 0 aromatic heterocycles. The van der Waals surface area contributed by atoms with E-state index < -0.39 is 21.8 Å². The van der Waals surface area contributed by atoms with Crippen LogP contribution in [0.1, 0.15) is 36.0 Å². The molecule has 1 aromatic rings. The first-order valence-electron chi connectivity index (χ1n) is 7.88. The fourth-order valence-electron chi connectivity index (χ4n) is 4.03. The number of hydrogen-bond donors (Lipinski definition) is 1. The lowest BCUT2D eigenvalue weighted by molar-refractivity contribution is -0.132.